The van der Waals surface area contributed by atoms with Gasteiger partial charge in [0.05, 0.1) is 4.92 Å². The average molecular weight is 303 g/mol. The number of benzene rings is 1. The number of carbonyl (C=O) groups excluding carboxylic acids is 1. The summed E-state index contributed by atoms with van der Waals surface area (Å²) < 4.78 is 0. The van der Waals surface area contributed by atoms with Crippen molar-refractivity contribution in [1.29, 1.82) is 0 Å². The lowest BCUT2D eigenvalue weighted by Crippen LogP contribution is -2.49. The molecule has 0 aromatic heterocycles. The van der Waals surface area contributed by atoms with Crippen LogP contribution in [-0.4, -0.2) is 28.3 Å². The molecule has 1 aliphatic carbocycles. The minimum atomic E-state index is -0.536. The Hall–Kier alpha value is -2.11. The fraction of sp³-hybridized carbons (Fsp3) is 0.562. The number of piperidine rings is 1. The van der Waals surface area contributed by atoms with Crippen LogP contribution in [0.5, 0.6) is 0 Å². The molecule has 22 heavy (non-hydrogen) atoms. The van der Waals surface area contributed by atoms with Crippen molar-refractivity contribution in [3.63, 3.8) is 0 Å². The topological polar surface area (TPSA) is 89.5 Å². The number of fused-ring (bicyclic) bond motifs is 1. The van der Waals surface area contributed by atoms with Crippen LogP contribution in [0.15, 0.2) is 18.2 Å². The number of anilines is 1. The summed E-state index contributed by atoms with van der Waals surface area (Å²) >= 11 is 0. The molecule has 1 aliphatic heterocycles. The van der Waals surface area contributed by atoms with E-state index in [4.69, 9.17) is 5.73 Å². The molecule has 118 valence electrons. The van der Waals surface area contributed by atoms with E-state index in [-0.39, 0.29) is 17.3 Å². The smallest absolute Gasteiger partial charge is 0.292 e. The molecule has 3 rings (SSSR count). The summed E-state index contributed by atoms with van der Waals surface area (Å²) in [6.07, 6.45) is 6.85. The highest BCUT2D eigenvalue weighted by Crippen LogP contribution is 2.36. The largest absolute Gasteiger partial charge is 0.393 e. The molecule has 1 saturated heterocycles. The number of likely N-dealkylation sites (tertiary alicyclic amines) is 1. The van der Waals surface area contributed by atoms with Gasteiger partial charge in [0.2, 0.25) is 0 Å². The van der Waals surface area contributed by atoms with Crippen LogP contribution in [0.4, 0.5) is 11.4 Å². The van der Waals surface area contributed by atoms with Crippen LogP contribution >= 0.6 is 0 Å². The van der Waals surface area contributed by atoms with Crippen molar-refractivity contribution < 1.29 is 9.72 Å². The first-order valence-electron chi connectivity index (χ1n) is 7.93. The van der Waals surface area contributed by atoms with Crippen LogP contribution in [0.2, 0.25) is 0 Å². The van der Waals surface area contributed by atoms with Crippen molar-refractivity contribution >= 4 is 17.3 Å². The van der Waals surface area contributed by atoms with E-state index in [0.29, 0.717) is 17.5 Å². The zero-order valence-corrected chi connectivity index (χ0v) is 12.5. The standard InChI is InChI=1S/C16H21N3O3/c17-13-8-7-12(10-15(13)19(21)22)16(20)18-9-3-5-11-4-1-2-6-14(11)18/h7-8,10-11,14H,1-6,9,17H2/t11-,14+/m1/s1. The number of amides is 1. The Balaban J connectivity index is 1.86. The van der Waals surface area contributed by atoms with Crippen LogP contribution in [0, 0.1) is 16.0 Å². The lowest BCUT2D eigenvalue weighted by atomic mass is 9.78. The number of nitrogen functional groups attached to an aromatic ring is 1. The molecule has 0 spiro atoms. The summed E-state index contributed by atoms with van der Waals surface area (Å²) in [6.45, 7) is 0.748. The predicted molar refractivity (Wildman–Crippen MR) is 83.5 cm³/mol. The van der Waals surface area contributed by atoms with Gasteiger partial charge in [-0.25, -0.2) is 0 Å². The molecule has 0 bridgehead atoms. The van der Waals surface area contributed by atoms with E-state index in [1.165, 1.54) is 31.4 Å². The average Bonchev–Trinajstić information content (AvgIpc) is 2.54. The summed E-state index contributed by atoms with van der Waals surface area (Å²) in [6, 6.07) is 4.65. The Kier molecular flexibility index (Phi) is 4.00. The second-order valence-electron chi connectivity index (χ2n) is 6.28. The number of hydrogen-bond donors (Lipinski definition) is 1. The molecule has 1 saturated carbocycles. The molecule has 1 heterocycles. The van der Waals surface area contributed by atoms with Gasteiger partial charge >= 0.3 is 0 Å². The Morgan fingerprint density at radius 1 is 1.23 bits per heavy atom. The van der Waals surface area contributed by atoms with E-state index in [1.54, 1.807) is 6.07 Å². The number of nitrogens with two attached hydrogens (primary N) is 1. The zero-order valence-electron chi connectivity index (χ0n) is 12.5. The molecule has 1 aromatic rings. The van der Waals surface area contributed by atoms with Crippen molar-refractivity contribution in [3.8, 4) is 0 Å². The van der Waals surface area contributed by atoms with E-state index in [9.17, 15) is 14.9 Å². The van der Waals surface area contributed by atoms with Crippen molar-refractivity contribution in [3.05, 3.63) is 33.9 Å². The number of nitro groups is 1. The van der Waals surface area contributed by atoms with Crippen molar-refractivity contribution in [1.82, 2.24) is 4.90 Å². The van der Waals surface area contributed by atoms with Crippen molar-refractivity contribution in [2.75, 3.05) is 12.3 Å². The first-order valence-corrected chi connectivity index (χ1v) is 7.93. The lowest BCUT2D eigenvalue weighted by Gasteiger charge is -2.44. The molecule has 1 amide bonds. The predicted octanol–water partition coefficient (Wildman–Crippen LogP) is 2.97. The number of rotatable bonds is 2. The summed E-state index contributed by atoms with van der Waals surface area (Å²) in [5, 5.41) is 11.0. The van der Waals surface area contributed by atoms with E-state index >= 15 is 0 Å². The molecule has 6 heteroatoms. The summed E-state index contributed by atoms with van der Waals surface area (Å²) in [5.74, 6) is 0.495. The second kappa shape index (κ2) is 5.94. The molecular weight excluding hydrogens is 282 g/mol. The van der Waals surface area contributed by atoms with E-state index < -0.39 is 4.92 Å². The minimum absolute atomic E-state index is 0.0933. The summed E-state index contributed by atoms with van der Waals surface area (Å²) in [4.78, 5) is 25.2. The normalized spacial score (nSPS) is 24.6. The monoisotopic (exact) mass is 303 g/mol. The van der Waals surface area contributed by atoms with Crippen LogP contribution < -0.4 is 5.73 Å². The molecule has 6 nitrogen and oxygen atoms in total. The molecular formula is C16H21N3O3. The van der Waals surface area contributed by atoms with E-state index in [0.717, 1.165) is 25.8 Å². The lowest BCUT2D eigenvalue weighted by molar-refractivity contribution is -0.383. The highest BCUT2D eigenvalue weighted by Gasteiger charge is 2.36. The van der Waals surface area contributed by atoms with Gasteiger partial charge in [-0.2, -0.15) is 0 Å². The number of nitrogens with zero attached hydrogens (tertiary/aromatic N) is 2. The van der Waals surface area contributed by atoms with Crippen LogP contribution in [-0.2, 0) is 0 Å². The van der Waals surface area contributed by atoms with Gasteiger partial charge in [-0.3, -0.25) is 14.9 Å². The maximum absolute atomic E-state index is 12.8. The van der Waals surface area contributed by atoms with Gasteiger partial charge in [-0.1, -0.05) is 12.8 Å². The van der Waals surface area contributed by atoms with Gasteiger partial charge < -0.3 is 10.6 Å². The maximum Gasteiger partial charge on any atom is 0.292 e. The molecule has 2 fully saturated rings. The molecule has 2 atom stereocenters. The van der Waals surface area contributed by atoms with Gasteiger partial charge in [0.15, 0.2) is 0 Å². The van der Waals surface area contributed by atoms with Gasteiger partial charge in [0.25, 0.3) is 11.6 Å². The second-order valence-corrected chi connectivity index (χ2v) is 6.28. The van der Waals surface area contributed by atoms with Gasteiger partial charge in [-0.15, -0.1) is 0 Å². The Morgan fingerprint density at radius 2 is 1.95 bits per heavy atom. The van der Waals surface area contributed by atoms with Gasteiger partial charge in [-0.05, 0) is 43.7 Å². The number of hydrogen-bond acceptors (Lipinski definition) is 4. The molecule has 1 aromatic carbocycles. The summed E-state index contributed by atoms with van der Waals surface area (Å²) in [7, 11) is 0. The molecule has 0 unspecified atom stereocenters. The van der Waals surface area contributed by atoms with E-state index in [2.05, 4.69) is 0 Å². The third-order valence-electron chi connectivity index (χ3n) is 4.98. The van der Waals surface area contributed by atoms with Crippen molar-refractivity contribution in [2.24, 2.45) is 5.92 Å². The fourth-order valence-corrected chi connectivity index (χ4v) is 3.88. The minimum Gasteiger partial charge on any atom is -0.393 e. The number of nitro benzene ring substituents is 1. The van der Waals surface area contributed by atoms with Gasteiger partial charge in [0.1, 0.15) is 5.69 Å². The third-order valence-corrected chi connectivity index (χ3v) is 4.98. The maximum atomic E-state index is 12.8. The highest BCUT2D eigenvalue weighted by atomic mass is 16.6. The third kappa shape index (κ3) is 2.65. The van der Waals surface area contributed by atoms with Crippen LogP contribution in [0.25, 0.3) is 0 Å². The molecule has 2 N–H and O–H groups in total. The Bertz CT molecular complexity index is 600. The van der Waals surface area contributed by atoms with E-state index in [1.807, 2.05) is 4.90 Å². The molecule has 0 radical (unpaired) electrons. The Labute approximate surface area is 129 Å². The Morgan fingerprint density at radius 3 is 2.73 bits per heavy atom. The first-order chi connectivity index (χ1) is 10.6. The summed E-state index contributed by atoms with van der Waals surface area (Å²) in [5.41, 5.74) is 5.88. The van der Waals surface area contributed by atoms with Crippen LogP contribution in [0.1, 0.15) is 48.9 Å². The molecule has 2 aliphatic rings. The van der Waals surface area contributed by atoms with Crippen molar-refractivity contribution in [2.45, 2.75) is 44.6 Å². The highest BCUT2D eigenvalue weighted by molar-refractivity contribution is 5.96. The zero-order chi connectivity index (χ0) is 15.7. The first kappa shape index (κ1) is 14.8. The van der Waals surface area contributed by atoms with Crippen LogP contribution in [0.3, 0.4) is 0 Å². The van der Waals surface area contributed by atoms with Gasteiger partial charge in [0, 0.05) is 24.2 Å². The quantitative estimate of drug-likeness (QED) is 0.516. The fourth-order valence-electron chi connectivity index (χ4n) is 3.88. The SMILES string of the molecule is Nc1ccc(C(=O)N2CCC[C@H]3CCCC[C@@H]32)cc1[N+](=O)[O-]. The number of carbonyl (C=O) groups is 1.